The van der Waals surface area contributed by atoms with E-state index in [2.05, 4.69) is 10.5 Å². The van der Waals surface area contributed by atoms with E-state index in [4.69, 9.17) is 42.2 Å². The summed E-state index contributed by atoms with van der Waals surface area (Å²) in [4.78, 5) is 32.1. The minimum absolute atomic E-state index is 0.166. The molecule has 34 heavy (non-hydrogen) atoms. The number of aromatic nitrogens is 1. The third-order valence-electron chi connectivity index (χ3n) is 3.69. The lowest BCUT2D eigenvalue weighted by molar-refractivity contribution is -0.192. The summed E-state index contributed by atoms with van der Waals surface area (Å²) in [6.45, 7) is 1.12. The van der Waals surface area contributed by atoms with E-state index in [1.165, 1.54) is 0 Å². The Kier molecular flexibility index (Phi) is 11.6. The molecular weight excluding hydrogens is 483 g/mol. The zero-order chi connectivity index (χ0) is 25.7. The first-order valence-electron chi connectivity index (χ1n) is 9.50. The molecular formula is C20H23ClF3N5O5. The first kappa shape index (κ1) is 28.5. The number of alkyl halides is 3. The van der Waals surface area contributed by atoms with Gasteiger partial charge < -0.3 is 20.5 Å². The Morgan fingerprint density at radius 3 is 2.53 bits per heavy atom. The number of carbonyl (C=O) groups is 2. The second kappa shape index (κ2) is 13.9. The van der Waals surface area contributed by atoms with E-state index in [1.54, 1.807) is 42.5 Å². The molecule has 0 fully saturated rings. The summed E-state index contributed by atoms with van der Waals surface area (Å²) in [5.41, 5.74) is 8.71. The quantitative estimate of drug-likeness (QED) is 0.176. The fraction of sp³-hybridized carbons (Fsp3) is 0.300. The summed E-state index contributed by atoms with van der Waals surface area (Å²) in [6, 6.07) is 8.65. The Morgan fingerprint density at radius 1 is 1.29 bits per heavy atom. The van der Waals surface area contributed by atoms with Crippen LogP contribution < -0.4 is 16.0 Å². The maximum absolute atomic E-state index is 12.7. The third kappa shape index (κ3) is 11.3. The zero-order valence-corrected chi connectivity index (χ0v) is 18.7. The molecule has 2 rings (SSSR count). The highest BCUT2D eigenvalue weighted by Gasteiger charge is 2.38. The molecule has 0 saturated heterocycles. The maximum atomic E-state index is 12.7. The van der Waals surface area contributed by atoms with Gasteiger partial charge in [-0.1, -0.05) is 17.7 Å². The van der Waals surface area contributed by atoms with Crippen LogP contribution in [0.3, 0.4) is 0 Å². The van der Waals surface area contributed by atoms with Gasteiger partial charge in [-0.15, -0.1) is 0 Å². The van der Waals surface area contributed by atoms with Gasteiger partial charge in [-0.25, -0.2) is 10.3 Å². The summed E-state index contributed by atoms with van der Waals surface area (Å²) in [5.74, 6) is -2.68. The van der Waals surface area contributed by atoms with Crippen LogP contribution in [0.2, 0.25) is 5.02 Å². The number of amides is 1. The van der Waals surface area contributed by atoms with Crippen LogP contribution in [0.1, 0.15) is 22.3 Å². The predicted octanol–water partition coefficient (Wildman–Crippen LogP) is 2.82. The van der Waals surface area contributed by atoms with Gasteiger partial charge in [0.15, 0.2) is 0 Å². The molecule has 0 aliphatic carbocycles. The summed E-state index contributed by atoms with van der Waals surface area (Å²) in [5, 5.41) is 14.5. The predicted molar refractivity (Wildman–Crippen MR) is 116 cm³/mol. The normalized spacial score (nSPS) is 10.5. The van der Waals surface area contributed by atoms with Gasteiger partial charge in [0.2, 0.25) is 5.96 Å². The third-order valence-corrected chi connectivity index (χ3v) is 3.91. The highest BCUT2D eigenvalue weighted by atomic mass is 35.5. The number of carbonyl (C=O) groups excluding carboxylic acids is 1. The van der Waals surface area contributed by atoms with Crippen molar-refractivity contribution in [3.63, 3.8) is 0 Å². The number of ether oxygens (including phenoxy) is 1. The van der Waals surface area contributed by atoms with E-state index >= 15 is 0 Å². The minimum Gasteiger partial charge on any atom is -0.493 e. The smallest absolute Gasteiger partial charge is 0.490 e. The number of guanidine groups is 1. The van der Waals surface area contributed by atoms with Gasteiger partial charge in [0.1, 0.15) is 5.75 Å². The van der Waals surface area contributed by atoms with Crippen LogP contribution >= 0.6 is 11.6 Å². The molecule has 1 aromatic heterocycles. The first-order valence-corrected chi connectivity index (χ1v) is 9.87. The van der Waals surface area contributed by atoms with Gasteiger partial charge in [0, 0.05) is 43.0 Å². The Labute approximate surface area is 197 Å². The number of aliphatic carboxylic acids is 1. The van der Waals surface area contributed by atoms with E-state index in [9.17, 15) is 18.0 Å². The second-order valence-corrected chi connectivity index (χ2v) is 7.00. The largest absolute Gasteiger partial charge is 0.493 e. The monoisotopic (exact) mass is 505 g/mol. The lowest BCUT2D eigenvalue weighted by atomic mass is 10.1. The van der Waals surface area contributed by atoms with Crippen molar-refractivity contribution in [2.75, 3.05) is 20.3 Å². The standard InChI is InChI=1S/C18H22ClN5O3.C2HF3O2/c1-24(12-13-4-2-5-22-11-13)17(25)14-8-15(19)10-16(9-14)26-6-3-7-27-23-18(20)21;3-2(4,5)1(6)7/h2,4-5,8-11H,3,6-7,12H2,1H3,(H4,20,21,23);(H,6,7). The Balaban J connectivity index is 0.000000718. The highest BCUT2D eigenvalue weighted by Crippen LogP contribution is 2.22. The number of carboxylic acids is 1. The Hall–Kier alpha value is -3.58. The Bertz CT molecular complexity index is 963. The molecule has 0 aliphatic heterocycles. The average molecular weight is 506 g/mol. The molecule has 186 valence electrons. The van der Waals surface area contributed by atoms with Crippen LogP contribution in [0.15, 0.2) is 42.7 Å². The van der Waals surface area contributed by atoms with Crippen LogP contribution in [0.25, 0.3) is 0 Å². The minimum atomic E-state index is -5.08. The number of nitrogens with one attached hydrogen (secondary N) is 2. The SMILES string of the molecule is CN(Cc1cccnc1)C(=O)c1cc(Cl)cc(OCCCONC(=N)N)c1.O=C(O)C(F)(F)F. The van der Waals surface area contributed by atoms with Crippen molar-refractivity contribution in [3.05, 3.63) is 58.9 Å². The van der Waals surface area contributed by atoms with Gasteiger partial charge in [0.25, 0.3) is 5.91 Å². The van der Waals surface area contributed by atoms with Gasteiger partial charge in [0.05, 0.1) is 13.2 Å². The summed E-state index contributed by atoms with van der Waals surface area (Å²) < 4.78 is 37.4. The van der Waals surface area contributed by atoms with Crippen LogP contribution in [-0.4, -0.2) is 59.3 Å². The van der Waals surface area contributed by atoms with Gasteiger partial charge >= 0.3 is 12.1 Å². The highest BCUT2D eigenvalue weighted by molar-refractivity contribution is 6.31. The molecule has 0 spiro atoms. The molecule has 0 atom stereocenters. The van der Waals surface area contributed by atoms with Crippen molar-refractivity contribution < 1.29 is 37.4 Å². The number of carboxylic acid groups (broad SMARTS) is 1. The van der Waals surface area contributed by atoms with Gasteiger partial charge in [-0.3, -0.25) is 20.0 Å². The van der Waals surface area contributed by atoms with Crippen molar-refractivity contribution in [1.29, 1.82) is 5.41 Å². The number of pyridine rings is 1. The number of nitrogens with two attached hydrogens (primary N) is 1. The van der Waals surface area contributed by atoms with Crippen molar-refractivity contribution in [3.8, 4) is 5.75 Å². The van der Waals surface area contributed by atoms with E-state index in [1.807, 2.05) is 12.1 Å². The molecule has 0 aliphatic rings. The molecule has 10 nitrogen and oxygen atoms in total. The number of nitrogens with zero attached hydrogens (tertiary/aromatic N) is 2. The average Bonchev–Trinajstić information content (AvgIpc) is 2.75. The van der Waals surface area contributed by atoms with Crippen LogP contribution in [0, 0.1) is 5.41 Å². The summed E-state index contributed by atoms with van der Waals surface area (Å²) in [6.07, 6.45) is -1.11. The number of hydrogen-bond donors (Lipinski definition) is 4. The van der Waals surface area contributed by atoms with Crippen LogP contribution in [0.4, 0.5) is 13.2 Å². The number of hydroxylamine groups is 1. The first-order chi connectivity index (χ1) is 15.9. The molecule has 0 saturated carbocycles. The number of halogens is 4. The molecule has 1 heterocycles. The van der Waals surface area contributed by atoms with E-state index < -0.39 is 12.1 Å². The number of hydrogen-bond acceptors (Lipinski definition) is 6. The van der Waals surface area contributed by atoms with Crippen LogP contribution in [-0.2, 0) is 16.2 Å². The van der Waals surface area contributed by atoms with Gasteiger partial charge in [-0.05, 0) is 29.8 Å². The van der Waals surface area contributed by atoms with Crippen molar-refractivity contribution in [2.45, 2.75) is 19.1 Å². The van der Waals surface area contributed by atoms with E-state index in [0.29, 0.717) is 42.5 Å². The molecule has 0 radical (unpaired) electrons. The molecule has 5 N–H and O–H groups in total. The lowest BCUT2D eigenvalue weighted by Gasteiger charge is -2.18. The molecule has 2 aromatic rings. The molecule has 1 amide bonds. The topological polar surface area (TPSA) is 151 Å². The molecule has 1 aromatic carbocycles. The van der Waals surface area contributed by atoms with Crippen LogP contribution in [0.5, 0.6) is 5.75 Å². The van der Waals surface area contributed by atoms with Crippen molar-refractivity contribution in [2.24, 2.45) is 5.73 Å². The number of benzene rings is 1. The lowest BCUT2D eigenvalue weighted by Crippen LogP contribution is -2.30. The molecule has 14 heteroatoms. The van der Waals surface area contributed by atoms with Gasteiger partial charge in [-0.2, -0.15) is 13.2 Å². The fourth-order valence-electron chi connectivity index (χ4n) is 2.28. The van der Waals surface area contributed by atoms with Crippen molar-refractivity contribution >= 4 is 29.4 Å². The zero-order valence-electron chi connectivity index (χ0n) is 17.9. The molecule has 0 bridgehead atoms. The summed E-state index contributed by atoms with van der Waals surface area (Å²) in [7, 11) is 1.72. The second-order valence-electron chi connectivity index (χ2n) is 6.57. The number of rotatable bonds is 9. The van der Waals surface area contributed by atoms with E-state index in [-0.39, 0.29) is 11.9 Å². The Morgan fingerprint density at radius 2 is 1.97 bits per heavy atom. The van der Waals surface area contributed by atoms with E-state index in [0.717, 1.165) is 5.56 Å². The maximum Gasteiger partial charge on any atom is 0.490 e. The summed E-state index contributed by atoms with van der Waals surface area (Å²) >= 11 is 6.12. The molecule has 0 unspecified atom stereocenters. The fourth-order valence-corrected chi connectivity index (χ4v) is 2.50. The van der Waals surface area contributed by atoms with Crippen molar-refractivity contribution in [1.82, 2.24) is 15.4 Å².